The van der Waals surface area contributed by atoms with E-state index in [0.717, 1.165) is 11.6 Å². The highest BCUT2D eigenvalue weighted by Gasteiger charge is 2.07. The lowest BCUT2D eigenvalue weighted by Gasteiger charge is -2.09. The van der Waals surface area contributed by atoms with Crippen molar-refractivity contribution in [3.63, 3.8) is 0 Å². The van der Waals surface area contributed by atoms with Crippen molar-refractivity contribution in [2.45, 2.75) is 13.5 Å². The number of carbonyl (C=O) groups is 2. The van der Waals surface area contributed by atoms with Gasteiger partial charge in [0.05, 0.1) is 0 Å². The molecule has 1 heterocycles. The summed E-state index contributed by atoms with van der Waals surface area (Å²) >= 11 is 0. The van der Waals surface area contributed by atoms with Crippen LogP contribution in [0.4, 0.5) is 5.69 Å². The van der Waals surface area contributed by atoms with Gasteiger partial charge >= 0.3 is 5.97 Å². The van der Waals surface area contributed by atoms with Crippen molar-refractivity contribution >= 4 is 23.6 Å². The van der Waals surface area contributed by atoms with Crippen molar-refractivity contribution in [1.82, 2.24) is 20.2 Å². The molecule has 0 aliphatic heterocycles. The van der Waals surface area contributed by atoms with Crippen LogP contribution in [0.25, 0.3) is 6.08 Å². The number of aromatic nitrogens is 4. The maximum Gasteiger partial charge on any atom is 0.328 e. The highest BCUT2D eigenvalue weighted by molar-refractivity contribution is 5.92. The average molecular weight is 287 g/mol. The second kappa shape index (κ2) is 6.42. The van der Waals surface area contributed by atoms with Gasteiger partial charge in [0.25, 0.3) is 0 Å². The number of tetrazole rings is 1. The van der Waals surface area contributed by atoms with Gasteiger partial charge in [0.1, 0.15) is 12.9 Å². The lowest BCUT2D eigenvalue weighted by molar-refractivity contribution is -0.131. The van der Waals surface area contributed by atoms with Gasteiger partial charge < -0.3 is 10.4 Å². The maximum atomic E-state index is 11.9. The van der Waals surface area contributed by atoms with Gasteiger partial charge in [-0.1, -0.05) is 12.1 Å². The van der Waals surface area contributed by atoms with Crippen LogP contribution >= 0.6 is 0 Å². The molecule has 0 aliphatic rings. The predicted molar refractivity (Wildman–Crippen MR) is 74.3 cm³/mol. The minimum Gasteiger partial charge on any atom is -0.478 e. The fraction of sp³-hybridized carbons (Fsp3) is 0.154. The number of benzene rings is 1. The molecule has 2 rings (SSSR count). The number of carboxylic acids is 1. The summed E-state index contributed by atoms with van der Waals surface area (Å²) in [6, 6.07) is 5.27. The van der Waals surface area contributed by atoms with E-state index in [-0.39, 0.29) is 12.5 Å². The summed E-state index contributed by atoms with van der Waals surface area (Å²) in [7, 11) is 0. The van der Waals surface area contributed by atoms with Gasteiger partial charge in [-0.15, -0.1) is 5.10 Å². The van der Waals surface area contributed by atoms with Gasteiger partial charge in [0, 0.05) is 11.8 Å². The number of aryl methyl sites for hydroxylation is 1. The monoisotopic (exact) mass is 287 g/mol. The Balaban J connectivity index is 2.09. The van der Waals surface area contributed by atoms with Gasteiger partial charge in [0.15, 0.2) is 0 Å². The molecule has 8 nitrogen and oxygen atoms in total. The molecule has 21 heavy (non-hydrogen) atoms. The molecule has 0 radical (unpaired) electrons. The van der Waals surface area contributed by atoms with Crippen LogP contribution in [0, 0.1) is 6.92 Å². The minimum atomic E-state index is -1.03. The summed E-state index contributed by atoms with van der Waals surface area (Å²) in [5, 5.41) is 21.8. The number of carbonyl (C=O) groups excluding carboxylic acids is 1. The van der Waals surface area contributed by atoms with Crippen LogP contribution < -0.4 is 5.32 Å². The number of amides is 1. The first-order chi connectivity index (χ1) is 10.0. The van der Waals surface area contributed by atoms with Crippen LogP contribution in [0.1, 0.15) is 11.1 Å². The SMILES string of the molecule is Cc1ccc(C=CC(=O)O)cc1NC(=O)Cn1cnnn1. The molecular formula is C13H13N5O3. The first-order valence-corrected chi connectivity index (χ1v) is 6.07. The van der Waals surface area contributed by atoms with Crippen molar-refractivity contribution in [2.75, 3.05) is 5.32 Å². The minimum absolute atomic E-state index is 0.00162. The predicted octanol–water partition coefficient (Wildman–Crippen LogP) is 0.718. The number of hydrogen-bond acceptors (Lipinski definition) is 5. The molecule has 0 spiro atoms. The Labute approximate surface area is 120 Å². The van der Waals surface area contributed by atoms with Gasteiger partial charge in [0.2, 0.25) is 5.91 Å². The van der Waals surface area contributed by atoms with Crippen molar-refractivity contribution in [3.8, 4) is 0 Å². The fourth-order valence-electron chi connectivity index (χ4n) is 1.64. The zero-order chi connectivity index (χ0) is 15.2. The van der Waals surface area contributed by atoms with Crippen molar-refractivity contribution in [2.24, 2.45) is 0 Å². The number of nitrogens with one attached hydrogen (secondary N) is 1. The molecule has 0 fully saturated rings. The molecule has 108 valence electrons. The Morgan fingerprint density at radius 1 is 1.43 bits per heavy atom. The lowest BCUT2D eigenvalue weighted by Crippen LogP contribution is -2.19. The molecule has 0 atom stereocenters. The highest BCUT2D eigenvalue weighted by atomic mass is 16.4. The van der Waals surface area contributed by atoms with Gasteiger partial charge in [-0.05, 0) is 40.6 Å². The Morgan fingerprint density at radius 3 is 2.90 bits per heavy atom. The number of anilines is 1. The van der Waals surface area contributed by atoms with Gasteiger partial charge in [-0.2, -0.15) is 0 Å². The third-order valence-electron chi connectivity index (χ3n) is 2.65. The van der Waals surface area contributed by atoms with E-state index in [1.54, 1.807) is 18.2 Å². The highest BCUT2D eigenvalue weighted by Crippen LogP contribution is 2.18. The number of carboxylic acid groups (broad SMARTS) is 1. The van der Waals surface area contributed by atoms with E-state index in [9.17, 15) is 9.59 Å². The zero-order valence-corrected chi connectivity index (χ0v) is 11.2. The fourth-order valence-corrected chi connectivity index (χ4v) is 1.64. The summed E-state index contributed by atoms with van der Waals surface area (Å²) < 4.78 is 1.30. The van der Waals surface area contributed by atoms with E-state index in [1.165, 1.54) is 17.1 Å². The average Bonchev–Trinajstić information content (AvgIpc) is 2.92. The first kappa shape index (κ1) is 14.4. The second-order valence-corrected chi connectivity index (χ2v) is 4.30. The molecule has 0 saturated carbocycles. The molecule has 0 saturated heterocycles. The Hall–Kier alpha value is -3.03. The van der Waals surface area contributed by atoms with E-state index in [4.69, 9.17) is 5.11 Å². The number of nitrogens with zero attached hydrogens (tertiary/aromatic N) is 4. The van der Waals surface area contributed by atoms with E-state index >= 15 is 0 Å². The number of aliphatic carboxylic acids is 1. The van der Waals surface area contributed by atoms with Gasteiger partial charge in [-0.3, -0.25) is 4.79 Å². The van der Waals surface area contributed by atoms with E-state index in [2.05, 4.69) is 20.8 Å². The van der Waals surface area contributed by atoms with Crippen LogP contribution in [-0.2, 0) is 16.1 Å². The lowest BCUT2D eigenvalue weighted by atomic mass is 10.1. The second-order valence-electron chi connectivity index (χ2n) is 4.30. The molecular weight excluding hydrogens is 274 g/mol. The van der Waals surface area contributed by atoms with Crippen LogP contribution in [0.3, 0.4) is 0 Å². The zero-order valence-electron chi connectivity index (χ0n) is 11.2. The molecule has 1 aromatic heterocycles. The Bertz CT molecular complexity index is 679. The summed E-state index contributed by atoms with van der Waals surface area (Å²) in [6.07, 6.45) is 3.84. The molecule has 0 aliphatic carbocycles. The topological polar surface area (TPSA) is 110 Å². The first-order valence-electron chi connectivity index (χ1n) is 6.07. The van der Waals surface area contributed by atoms with Crippen LogP contribution in [0.5, 0.6) is 0 Å². The largest absolute Gasteiger partial charge is 0.478 e. The molecule has 0 unspecified atom stereocenters. The molecule has 2 N–H and O–H groups in total. The summed E-state index contributed by atoms with van der Waals surface area (Å²) in [5.41, 5.74) is 2.16. The number of hydrogen-bond donors (Lipinski definition) is 2. The standard InChI is InChI=1S/C13H13N5O3/c1-9-2-3-10(4-5-13(20)21)6-11(9)15-12(19)7-18-8-14-16-17-18/h2-6,8H,7H2,1H3,(H,15,19)(H,20,21). The summed E-state index contributed by atoms with van der Waals surface area (Å²) in [6.45, 7) is 1.85. The third-order valence-corrected chi connectivity index (χ3v) is 2.65. The van der Waals surface area contributed by atoms with E-state index in [0.29, 0.717) is 11.3 Å². The molecule has 2 aromatic rings. The van der Waals surface area contributed by atoms with Crippen LogP contribution in [-0.4, -0.2) is 37.2 Å². The molecule has 8 heteroatoms. The van der Waals surface area contributed by atoms with Gasteiger partial charge in [-0.25, -0.2) is 9.48 Å². The summed E-state index contributed by atoms with van der Waals surface area (Å²) in [5.74, 6) is -1.30. The normalized spacial score (nSPS) is 10.7. The smallest absolute Gasteiger partial charge is 0.328 e. The van der Waals surface area contributed by atoms with Crippen molar-refractivity contribution in [1.29, 1.82) is 0 Å². The summed E-state index contributed by atoms with van der Waals surface area (Å²) in [4.78, 5) is 22.4. The Morgan fingerprint density at radius 2 is 2.24 bits per heavy atom. The third kappa shape index (κ3) is 4.23. The molecule has 0 bridgehead atoms. The quantitative estimate of drug-likeness (QED) is 0.784. The van der Waals surface area contributed by atoms with E-state index < -0.39 is 5.97 Å². The van der Waals surface area contributed by atoms with Crippen molar-refractivity contribution in [3.05, 3.63) is 41.7 Å². The maximum absolute atomic E-state index is 11.9. The Kier molecular flexibility index (Phi) is 4.39. The molecule has 1 aromatic carbocycles. The van der Waals surface area contributed by atoms with Crippen LogP contribution in [0.2, 0.25) is 0 Å². The molecule has 1 amide bonds. The number of rotatable bonds is 5. The van der Waals surface area contributed by atoms with E-state index in [1.807, 2.05) is 6.92 Å². The van der Waals surface area contributed by atoms with Crippen LogP contribution in [0.15, 0.2) is 30.6 Å². The van der Waals surface area contributed by atoms with Crippen molar-refractivity contribution < 1.29 is 14.7 Å².